The third-order valence-corrected chi connectivity index (χ3v) is 4.79. The summed E-state index contributed by atoms with van der Waals surface area (Å²) in [6, 6.07) is 9.43. The van der Waals surface area contributed by atoms with Crippen molar-refractivity contribution in [1.29, 1.82) is 0 Å². The number of rotatable bonds is 4. The molecule has 0 aliphatic heterocycles. The lowest BCUT2D eigenvalue weighted by Crippen LogP contribution is -2.00. The van der Waals surface area contributed by atoms with E-state index < -0.39 is 16.6 Å². The molecule has 0 heterocycles. The normalized spacial score (nSPS) is 12.4. The number of hydrogen-bond donors (Lipinski definition) is 1. The minimum absolute atomic E-state index is 0.0413. The van der Waals surface area contributed by atoms with E-state index in [4.69, 9.17) is 28.9 Å². The Bertz CT molecular complexity index is 664. The van der Waals surface area contributed by atoms with Gasteiger partial charge in [0.1, 0.15) is 5.82 Å². The Balaban J connectivity index is 2.21. The monoisotopic (exact) mass is 331 g/mol. The zero-order valence-electron chi connectivity index (χ0n) is 10.4. The van der Waals surface area contributed by atoms with Crippen molar-refractivity contribution >= 4 is 34.0 Å². The molecule has 0 radical (unpaired) electrons. The van der Waals surface area contributed by atoms with Crippen LogP contribution in [0.1, 0.15) is 11.1 Å². The van der Waals surface area contributed by atoms with E-state index in [0.717, 1.165) is 11.1 Å². The van der Waals surface area contributed by atoms with Crippen LogP contribution in [0.15, 0.2) is 41.3 Å². The largest absolute Gasteiger partial charge is 0.326 e. The van der Waals surface area contributed by atoms with Gasteiger partial charge in [0.2, 0.25) is 0 Å². The second-order valence-electron chi connectivity index (χ2n) is 4.20. The lowest BCUT2D eigenvalue weighted by atomic mass is 10.1. The van der Waals surface area contributed by atoms with E-state index in [1.807, 2.05) is 6.07 Å². The third kappa shape index (κ3) is 3.58. The quantitative estimate of drug-likeness (QED) is 0.923. The Labute approximate surface area is 129 Å². The average Bonchev–Trinajstić information content (AvgIpc) is 2.43. The third-order valence-electron chi connectivity index (χ3n) is 2.79. The van der Waals surface area contributed by atoms with Crippen molar-refractivity contribution in [1.82, 2.24) is 0 Å². The van der Waals surface area contributed by atoms with Crippen molar-refractivity contribution in [2.45, 2.75) is 17.2 Å². The summed E-state index contributed by atoms with van der Waals surface area (Å²) < 4.78 is 25.3. The molecule has 2 N–H and O–H groups in total. The maximum absolute atomic E-state index is 13.1. The zero-order valence-corrected chi connectivity index (χ0v) is 12.7. The SMILES string of the molecule is NCc1ccc(CS(=O)c2ccc(F)c(Cl)c2)c(Cl)c1. The highest BCUT2D eigenvalue weighted by atomic mass is 35.5. The predicted octanol–water partition coefficient (Wildman–Crippen LogP) is 3.90. The van der Waals surface area contributed by atoms with E-state index in [2.05, 4.69) is 0 Å². The number of halogens is 3. The van der Waals surface area contributed by atoms with Crippen molar-refractivity contribution in [3.8, 4) is 0 Å². The number of benzene rings is 2. The summed E-state index contributed by atoms with van der Waals surface area (Å²) in [5.41, 5.74) is 7.19. The van der Waals surface area contributed by atoms with Gasteiger partial charge in [0.05, 0.1) is 21.6 Å². The molecule has 2 nitrogen and oxygen atoms in total. The molecule has 2 aromatic rings. The molecule has 0 bridgehead atoms. The van der Waals surface area contributed by atoms with E-state index in [9.17, 15) is 8.60 Å². The van der Waals surface area contributed by atoms with E-state index in [1.54, 1.807) is 12.1 Å². The van der Waals surface area contributed by atoms with Gasteiger partial charge in [-0.2, -0.15) is 0 Å². The molecule has 1 unspecified atom stereocenters. The van der Waals surface area contributed by atoms with Crippen LogP contribution in [0.25, 0.3) is 0 Å². The summed E-state index contributed by atoms with van der Waals surface area (Å²) >= 11 is 11.8. The highest BCUT2D eigenvalue weighted by Gasteiger charge is 2.10. The summed E-state index contributed by atoms with van der Waals surface area (Å²) in [6.45, 7) is 0.399. The van der Waals surface area contributed by atoms with Crippen LogP contribution in [0.2, 0.25) is 10.0 Å². The Morgan fingerprint density at radius 1 is 1.10 bits per heavy atom. The van der Waals surface area contributed by atoms with Gasteiger partial charge in [0, 0.05) is 16.5 Å². The van der Waals surface area contributed by atoms with E-state index in [0.29, 0.717) is 16.5 Å². The van der Waals surface area contributed by atoms with Crippen LogP contribution in [0.5, 0.6) is 0 Å². The molecule has 0 amide bonds. The van der Waals surface area contributed by atoms with Gasteiger partial charge in [0.15, 0.2) is 0 Å². The van der Waals surface area contributed by atoms with Crippen LogP contribution < -0.4 is 5.73 Å². The molecular weight excluding hydrogens is 320 g/mol. The maximum Gasteiger partial charge on any atom is 0.141 e. The molecule has 0 saturated carbocycles. The molecule has 0 aliphatic rings. The van der Waals surface area contributed by atoms with Gasteiger partial charge in [-0.1, -0.05) is 35.3 Å². The lowest BCUT2D eigenvalue weighted by Gasteiger charge is -2.07. The van der Waals surface area contributed by atoms with Crippen LogP contribution in [0.4, 0.5) is 4.39 Å². The first kappa shape index (κ1) is 15.4. The maximum atomic E-state index is 13.1. The Morgan fingerprint density at radius 3 is 2.45 bits per heavy atom. The summed E-state index contributed by atoms with van der Waals surface area (Å²) in [4.78, 5) is 0.468. The fraction of sp³-hybridized carbons (Fsp3) is 0.143. The first-order valence-corrected chi connectivity index (χ1v) is 7.89. The van der Waals surface area contributed by atoms with Gasteiger partial charge in [-0.25, -0.2) is 4.39 Å². The van der Waals surface area contributed by atoms with Crippen molar-refractivity contribution in [2.75, 3.05) is 0 Å². The molecule has 0 aliphatic carbocycles. The van der Waals surface area contributed by atoms with E-state index in [1.165, 1.54) is 18.2 Å². The minimum atomic E-state index is -1.34. The van der Waals surface area contributed by atoms with Crippen LogP contribution in [0.3, 0.4) is 0 Å². The van der Waals surface area contributed by atoms with E-state index in [-0.39, 0.29) is 10.8 Å². The fourth-order valence-corrected chi connectivity index (χ4v) is 3.44. The molecule has 1 atom stereocenters. The molecule has 0 fully saturated rings. The van der Waals surface area contributed by atoms with Gasteiger partial charge in [0.25, 0.3) is 0 Å². The van der Waals surface area contributed by atoms with Crippen molar-refractivity contribution < 1.29 is 8.60 Å². The predicted molar refractivity (Wildman–Crippen MR) is 80.9 cm³/mol. The van der Waals surface area contributed by atoms with Crippen LogP contribution in [0, 0.1) is 5.82 Å². The smallest absolute Gasteiger partial charge is 0.141 e. The Hall–Kier alpha value is -0.940. The van der Waals surface area contributed by atoms with Crippen molar-refractivity contribution in [2.24, 2.45) is 5.73 Å². The molecule has 106 valence electrons. The first-order chi connectivity index (χ1) is 9.51. The molecule has 2 rings (SSSR count). The van der Waals surface area contributed by atoms with Crippen molar-refractivity contribution in [3.05, 3.63) is 63.4 Å². The van der Waals surface area contributed by atoms with Gasteiger partial charge in [-0.3, -0.25) is 4.21 Å². The summed E-state index contributed by atoms with van der Waals surface area (Å²) in [6.07, 6.45) is 0. The van der Waals surface area contributed by atoms with Crippen LogP contribution in [-0.2, 0) is 23.1 Å². The second-order valence-corrected chi connectivity index (χ2v) is 6.46. The summed E-state index contributed by atoms with van der Waals surface area (Å²) in [5, 5.41) is 0.481. The Morgan fingerprint density at radius 2 is 1.85 bits per heavy atom. The molecule has 6 heteroatoms. The van der Waals surface area contributed by atoms with Crippen molar-refractivity contribution in [3.63, 3.8) is 0 Å². The Kier molecular flexibility index (Phi) is 5.16. The van der Waals surface area contributed by atoms with Crippen LogP contribution in [-0.4, -0.2) is 4.21 Å². The summed E-state index contributed by atoms with van der Waals surface area (Å²) in [5.74, 6) is -0.288. The zero-order chi connectivity index (χ0) is 14.7. The molecular formula is C14H12Cl2FNOS. The van der Waals surface area contributed by atoms with Gasteiger partial charge in [-0.05, 0) is 35.4 Å². The first-order valence-electron chi connectivity index (χ1n) is 5.82. The molecule has 20 heavy (non-hydrogen) atoms. The van der Waals surface area contributed by atoms with Gasteiger partial charge >= 0.3 is 0 Å². The van der Waals surface area contributed by atoms with Crippen LogP contribution >= 0.6 is 23.2 Å². The fourth-order valence-electron chi connectivity index (χ4n) is 1.68. The van der Waals surface area contributed by atoms with Gasteiger partial charge in [-0.15, -0.1) is 0 Å². The van der Waals surface area contributed by atoms with Gasteiger partial charge < -0.3 is 5.73 Å². The molecule has 0 saturated heterocycles. The summed E-state index contributed by atoms with van der Waals surface area (Å²) in [7, 11) is -1.34. The molecule has 0 spiro atoms. The highest BCUT2D eigenvalue weighted by molar-refractivity contribution is 7.84. The molecule has 2 aromatic carbocycles. The number of nitrogens with two attached hydrogens (primary N) is 1. The standard InChI is InChI=1S/C14H12Cl2FNOS/c15-12-5-9(7-18)1-2-10(12)8-20(19)11-3-4-14(17)13(16)6-11/h1-6H,7-8,18H2. The minimum Gasteiger partial charge on any atom is -0.326 e. The number of hydrogen-bond acceptors (Lipinski definition) is 2. The lowest BCUT2D eigenvalue weighted by molar-refractivity contribution is 0.626. The highest BCUT2D eigenvalue weighted by Crippen LogP contribution is 2.23. The molecule has 0 aromatic heterocycles. The van der Waals surface area contributed by atoms with E-state index >= 15 is 0 Å². The second kappa shape index (κ2) is 6.68. The average molecular weight is 332 g/mol. The topological polar surface area (TPSA) is 43.1 Å².